The zero-order chi connectivity index (χ0) is 13.0. The lowest BCUT2D eigenvalue weighted by Crippen LogP contribution is -2.47. The molecule has 1 saturated carbocycles. The topological polar surface area (TPSA) is 41.1 Å². The van der Waals surface area contributed by atoms with Gasteiger partial charge in [0.15, 0.2) is 0 Å². The molecule has 0 aromatic rings. The minimum absolute atomic E-state index is 0.0558. The monoisotopic (exact) mass is 290 g/mol. The summed E-state index contributed by atoms with van der Waals surface area (Å²) < 4.78 is 0. The lowest BCUT2D eigenvalue weighted by molar-refractivity contribution is 0.235. The Labute approximate surface area is 118 Å². The third kappa shape index (κ3) is 3.79. The summed E-state index contributed by atoms with van der Waals surface area (Å²) >= 11 is 12.3. The van der Waals surface area contributed by atoms with Crippen LogP contribution in [-0.2, 0) is 0 Å². The minimum atomic E-state index is -0.164. The quantitative estimate of drug-likeness (QED) is 0.745. The normalized spacial score (nSPS) is 29.0. The van der Waals surface area contributed by atoms with Gasteiger partial charge in [-0.15, -0.1) is 11.6 Å². The van der Waals surface area contributed by atoms with E-state index in [0.717, 1.165) is 62.1 Å². The summed E-state index contributed by atoms with van der Waals surface area (Å²) in [5.41, 5.74) is 0.877. The first kappa shape index (κ1) is 14.0. The molecule has 1 fully saturated rings. The van der Waals surface area contributed by atoms with Crippen LogP contribution in [0.3, 0.4) is 0 Å². The Morgan fingerprint density at radius 3 is 2.56 bits per heavy atom. The van der Waals surface area contributed by atoms with Crippen LogP contribution in [0.2, 0.25) is 0 Å². The maximum Gasteiger partial charge on any atom is 0.319 e. The third-order valence-electron chi connectivity index (χ3n) is 3.66. The highest BCUT2D eigenvalue weighted by atomic mass is 35.5. The SMILES string of the molecule is O=C(NC1=C(Cl)CCCC1)NC1CCCCC1Cl. The van der Waals surface area contributed by atoms with Crippen molar-refractivity contribution in [3.63, 3.8) is 0 Å². The largest absolute Gasteiger partial charge is 0.334 e. The van der Waals surface area contributed by atoms with Crippen LogP contribution < -0.4 is 10.6 Å². The molecule has 0 heterocycles. The second-order valence-electron chi connectivity index (χ2n) is 5.10. The Bertz CT molecular complexity index is 344. The highest BCUT2D eigenvalue weighted by Gasteiger charge is 2.25. The standard InChI is InChI=1S/C13H20Cl2N2O/c14-9-5-1-3-7-11(9)16-13(18)17-12-8-4-2-6-10(12)15/h9,11H,1-8H2,(H2,16,17,18). The Morgan fingerprint density at radius 1 is 1.11 bits per heavy atom. The summed E-state index contributed by atoms with van der Waals surface area (Å²) in [6.07, 6.45) is 8.18. The molecule has 0 radical (unpaired) electrons. The Hall–Kier alpha value is -0.410. The van der Waals surface area contributed by atoms with Gasteiger partial charge in [0, 0.05) is 16.8 Å². The van der Waals surface area contributed by atoms with E-state index in [-0.39, 0.29) is 17.5 Å². The van der Waals surface area contributed by atoms with Gasteiger partial charge in [-0.25, -0.2) is 4.79 Å². The van der Waals surface area contributed by atoms with Crippen molar-refractivity contribution in [2.75, 3.05) is 0 Å². The fraction of sp³-hybridized carbons (Fsp3) is 0.769. The molecule has 2 aliphatic carbocycles. The maximum absolute atomic E-state index is 11.9. The van der Waals surface area contributed by atoms with Crippen molar-refractivity contribution < 1.29 is 4.79 Å². The second-order valence-corrected chi connectivity index (χ2v) is 6.11. The lowest BCUT2D eigenvalue weighted by Gasteiger charge is -2.28. The van der Waals surface area contributed by atoms with Crippen molar-refractivity contribution in [1.82, 2.24) is 10.6 Å². The second kappa shape index (κ2) is 6.67. The van der Waals surface area contributed by atoms with E-state index in [1.54, 1.807) is 0 Å². The van der Waals surface area contributed by atoms with Crippen LogP contribution in [0.1, 0.15) is 51.4 Å². The number of urea groups is 1. The first-order valence-corrected chi connectivity index (χ1v) is 7.57. The first-order chi connectivity index (χ1) is 8.66. The number of alkyl halides is 1. The molecule has 2 aliphatic rings. The molecule has 2 atom stereocenters. The molecule has 2 rings (SSSR count). The van der Waals surface area contributed by atoms with Gasteiger partial charge >= 0.3 is 6.03 Å². The number of hydrogen-bond donors (Lipinski definition) is 2. The number of rotatable bonds is 2. The third-order valence-corrected chi connectivity index (χ3v) is 4.60. The molecule has 0 aromatic heterocycles. The van der Waals surface area contributed by atoms with E-state index >= 15 is 0 Å². The van der Waals surface area contributed by atoms with Gasteiger partial charge in [-0.2, -0.15) is 0 Å². The minimum Gasteiger partial charge on any atom is -0.334 e. The Balaban J connectivity index is 1.84. The van der Waals surface area contributed by atoms with Crippen molar-refractivity contribution in [3.05, 3.63) is 10.7 Å². The highest BCUT2D eigenvalue weighted by Crippen LogP contribution is 2.26. The van der Waals surface area contributed by atoms with Crippen LogP contribution in [0.25, 0.3) is 0 Å². The average Bonchev–Trinajstić information content (AvgIpc) is 2.35. The summed E-state index contributed by atoms with van der Waals surface area (Å²) in [5, 5.41) is 6.69. The summed E-state index contributed by atoms with van der Waals surface area (Å²) in [6, 6.07) is -0.0778. The first-order valence-electron chi connectivity index (χ1n) is 6.76. The van der Waals surface area contributed by atoms with Crippen LogP contribution >= 0.6 is 23.2 Å². The fourth-order valence-corrected chi connectivity index (χ4v) is 3.21. The van der Waals surface area contributed by atoms with Gasteiger partial charge in [0.25, 0.3) is 0 Å². The van der Waals surface area contributed by atoms with Crippen molar-refractivity contribution in [2.45, 2.75) is 62.8 Å². The molecule has 102 valence electrons. The molecule has 3 nitrogen and oxygen atoms in total. The van der Waals surface area contributed by atoms with Gasteiger partial charge in [-0.3, -0.25) is 0 Å². The molecule has 2 unspecified atom stereocenters. The summed E-state index contributed by atoms with van der Waals surface area (Å²) in [4.78, 5) is 11.9. The molecule has 0 aliphatic heterocycles. The van der Waals surface area contributed by atoms with E-state index in [2.05, 4.69) is 10.6 Å². The van der Waals surface area contributed by atoms with Gasteiger partial charge in [0.1, 0.15) is 0 Å². The van der Waals surface area contributed by atoms with Crippen molar-refractivity contribution in [1.29, 1.82) is 0 Å². The fourth-order valence-electron chi connectivity index (χ4n) is 2.59. The van der Waals surface area contributed by atoms with Crippen LogP contribution in [0, 0.1) is 0 Å². The number of carbonyl (C=O) groups is 1. The molecule has 0 bridgehead atoms. The lowest BCUT2D eigenvalue weighted by atomic mass is 9.95. The number of halogens is 2. The number of allylic oxidation sites excluding steroid dienone is 2. The van der Waals surface area contributed by atoms with E-state index in [1.165, 1.54) is 0 Å². The Kier molecular flexibility index (Phi) is 5.19. The van der Waals surface area contributed by atoms with E-state index < -0.39 is 0 Å². The molecular formula is C13H20Cl2N2O. The van der Waals surface area contributed by atoms with Crippen LogP contribution in [0.15, 0.2) is 10.7 Å². The van der Waals surface area contributed by atoms with Gasteiger partial charge in [0.05, 0.1) is 5.38 Å². The van der Waals surface area contributed by atoms with Crippen LogP contribution in [0.4, 0.5) is 4.79 Å². The van der Waals surface area contributed by atoms with Crippen molar-refractivity contribution in [3.8, 4) is 0 Å². The number of amides is 2. The summed E-state index contributed by atoms with van der Waals surface area (Å²) in [6.45, 7) is 0. The Morgan fingerprint density at radius 2 is 1.83 bits per heavy atom. The van der Waals surface area contributed by atoms with Crippen LogP contribution in [0.5, 0.6) is 0 Å². The van der Waals surface area contributed by atoms with Crippen LogP contribution in [-0.4, -0.2) is 17.5 Å². The molecule has 2 N–H and O–H groups in total. The summed E-state index contributed by atoms with van der Waals surface area (Å²) in [5.74, 6) is 0. The van der Waals surface area contributed by atoms with E-state index in [4.69, 9.17) is 23.2 Å². The number of carbonyl (C=O) groups excluding carboxylic acids is 1. The molecule has 2 amide bonds. The van der Waals surface area contributed by atoms with Crippen molar-refractivity contribution >= 4 is 29.2 Å². The smallest absolute Gasteiger partial charge is 0.319 e. The molecule has 18 heavy (non-hydrogen) atoms. The van der Waals surface area contributed by atoms with E-state index in [1.807, 2.05) is 0 Å². The number of nitrogens with one attached hydrogen (secondary N) is 2. The predicted octanol–water partition coefficient (Wildman–Crippen LogP) is 3.86. The predicted molar refractivity (Wildman–Crippen MR) is 74.9 cm³/mol. The molecule has 0 spiro atoms. The van der Waals surface area contributed by atoms with E-state index in [9.17, 15) is 4.79 Å². The zero-order valence-electron chi connectivity index (χ0n) is 10.5. The molecule has 0 aromatic carbocycles. The molecule has 5 heteroatoms. The van der Waals surface area contributed by atoms with Gasteiger partial charge in [-0.05, 0) is 38.5 Å². The van der Waals surface area contributed by atoms with Gasteiger partial charge in [0.2, 0.25) is 0 Å². The van der Waals surface area contributed by atoms with Gasteiger partial charge in [-0.1, -0.05) is 24.4 Å². The molecular weight excluding hydrogens is 271 g/mol. The van der Waals surface area contributed by atoms with E-state index in [0.29, 0.717) is 0 Å². The van der Waals surface area contributed by atoms with Gasteiger partial charge < -0.3 is 10.6 Å². The average molecular weight is 291 g/mol. The maximum atomic E-state index is 11.9. The molecule has 0 saturated heterocycles. The number of hydrogen-bond acceptors (Lipinski definition) is 1. The van der Waals surface area contributed by atoms with Crippen molar-refractivity contribution in [2.24, 2.45) is 0 Å². The summed E-state index contributed by atoms with van der Waals surface area (Å²) in [7, 11) is 0. The zero-order valence-corrected chi connectivity index (χ0v) is 12.0. The highest BCUT2D eigenvalue weighted by molar-refractivity contribution is 6.30.